The summed E-state index contributed by atoms with van der Waals surface area (Å²) in [5, 5.41) is 2.86. The van der Waals surface area contributed by atoms with Gasteiger partial charge >= 0.3 is 0 Å². The zero-order valence-electron chi connectivity index (χ0n) is 17.0. The van der Waals surface area contributed by atoms with Gasteiger partial charge in [0.1, 0.15) is 11.5 Å². The van der Waals surface area contributed by atoms with Gasteiger partial charge in [-0.1, -0.05) is 26.0 Å². The third kappa shape index (κ3) is 4.71. The monoisotopic (exact) mass is 432 g/mol. The molecule has 0 aliphatic rings. The van der Waals surface area contributed by atoms with Crippen LogP contribution in [0, 0.1) is 6.92 Å². The first-order chi connectivity index (χ1) is 13.7. The number of thiazole rings is 1. The lowest BCUT2D eigenvalue weighted by Gasteiger charge is -2.16. The van der Waals surface area contributed by atoms with E-state index in [9.17, 15) is 8.42 Å². The zero-order valence-corrected chi connectivity index (χ0v) is 18.6. The molecular formula is C21H24N2O4S2. The first-order valence-electron chi connectivity index (χ1n) is 9.06. The van der Waals surface area contributed by atoms with Crippen molar-refractivity contribution >= 4 is 27.0 Å². The van der Waals surface area contributed by atoms with E-state index in [1.54, 1.807) is 24.3 Å². The Balaban J connectivity index is 2.07. The van der Waals surface area contributed by atoms with E-state index in [4.69, 9.17) is 9.47 Å². The molecule has 6 nitrogen and oxygen atoms in total. The summed E-state index contributed by atoms with van der Waals surface area (Å²) in [4.78, 5) is 4.71. The summed E-state index contributed by atoms with van der Waals surface area (Å²) in [6.07, 6.45) is 0. The molecule has 0 saturated carbocycles. The summed E-state index contributed by atoms with van der Waals surface area (Å²) >= 11 is 1.53. The average Bonchev–Trinajstić information content (AvgIpc) is 3.13. The lowest BCUT2D eigenvalue weighted by molar-refractivity contribution is 0.395. The van der Waals surface area contributed by atoms with Gasteiger partial charge in [0.2, 0.25) is 0 Å². The van der Waals surface area contributed by atoms with E-state index in [0.29, 0.717) is 17.2 Å². The number of nitrogens with one attached hydrogen (secondary N) is 1. The van der Waals surface area contributed by atoms with Gasteiger partial charge < -0.3 is 9.47 Å². The van der Waals surface area contributed by atoms with Crippen LogP contribution in [0.2, 0.25) is 0 Å². The molecule has 0 aliphatic carbocycles. The number of anilines is 1. The summed E-state index contributed by atoms with van der Waals surface area (Å²) in [6, 6.07) is 10.4. The van der Waals surface area contributed by atoms with Crippen LogP contribution in [-0.4, -0.2) is 27.6 Å². The highest BCUT2D eigenvalue weighted by Crippen LogP contribution is 2.33. The van der Waals surface area contributed by atoms with Gasteiger partial charge in [-0.05, 0) is 24.5 Å². The molecule has 1 aromatic heterocycles. The molecular weight excluding hydrogens is 408 g/mol. The number of aryl methyl sites for hydroxylation is 1. The lowest BCUT2D eigenvalue weighted by atomic mass is 10.0. The second kappa shape index (κ2) is 8.42. The minimum Gasteiger partial charge on any atom is -0.497 e. The number of aromatic nitrogens is 1. The van der Waals surface area contributed by atoms with E-state index in [1.807, 2.05) is 38.3 Å². The molecule has 0 unspecified atom stereocenters. The van der Waals surface area contributed by atoms with Crippen molar-refractivity contribution in [3.8, 4) is 22.8 Å². The number of sulfonamides is 1. The van der Waals surface area contributed by atoms with Crippen molar-refractivity contribution < 1.29 is 17.9 Å². The summed E-state index contributed by atoms with van der Waals surface area (Å²) < 4.78 is 39.7. The maximum Gasteiger partial charge on any atom is 0.262 e. The van der Waals surface area contributed by atoms with E-state index in [-0.39, 0.29) is 10.8 Å². The van der Waals surface area contributed by atoms with Crippen molar-refractivity contribution in [2.24, 2.45) is 0 Å². The van der Waals surface area contributed by atoms with Crippen LogP contribution >= 0.6 is 11.3 Å². The van der Waals surface area contributed by atoms with Crippen molar-refractivity contribution in [2.45, 2.75) is 31.6 Å². The van der Waals surface area contributed by atoms with E-state index in [2.05, 4.69) is 9.71 Å². The van der Waals surface area contributed by atoms with Crippen molar-refractivity contribution in [3.05, 3.63) is 52.3 Å². The molecule has 0 saturated heterocycles. The Morgan fingerprint density at radius 3 is 2.21 bits per heavy atom. The van der Waals surface area contributed by atoms with Gasteiger partial charge in [0.05, 0.1) is 35.5 Å². The predicted molar refractivity (Wildman–Crippen MR) is 117 cm³/mol. The second-order valence-electron chi connectivity index (χ2n) is 6.87. The van der Waals surface area contributed by atoms with Crippen LogP contribution in [0.5, 0.6) is 11.5 Å². The Morgan fingerprint density at radius 2 is 1.69 bits per heavy atom. The molecule has 8 heteroatoms. The molecule has 1 N–H and O–H groups in total. The number of rotatable bonds is 7. The lowest BCUT2D eigenvalue weighted by Crippen LogP contribution is -2.16. The molecule has 0 bridgehead atoms. The maximum atomic E-state index is 13.3. The summed E-state index contributed by atoms with van der Waals surface area (Å²) in [5.41, 5.74) is 2.64. The molecule has 0 aliphatic heterocycles. The van der Waals surface area contributed by atoms with Crippen LogP contribution in [0.25, 0.3) is 11.3 Å². The van der Waals surface area contributed by atoms with E-state index in [0.717, 1.165) is 21.8 Å². The van der Waals surface area contributed by atoms with Crippen molar-refractivity contribution in [2.75, 3.05) is 18.9 Å². The molecule has 154 valence electrons. The summed E-state index contributed by atoms with van der Waals surface area (Å²) in [7, 11) is -0.814. The maximum absolute atomic E-state index is 13.3. The largest absolute Gasteiger partial charge is 0.497 e. The normalized spacial score (nSPS) is 11.5. The molecule has 1 heterocycles. The number of ether oxygens (including phenoxy) is 2. The van der Waals surface area contributed by atoms with Crippen LogP contribution in [0.15, 0.2) is 46.7 Å². The van der Waals surface area contributed by atoms with Crippen molar-refractivity contribution in [3.63, 3.8) is 0 Å². The highest BCUT2D eigenvalue weighted by atomic mass is 32.2. The Kier molecular flexibility index (Phi) is 6.14. The number of nitrogens with zero attached hydrogens (tertiary/aromatic N) is 1. The molecule has 2 aromatic carbocycles. The van der Waals surface area contributed by atoms with Crippen molar-refractivity contribution in [1.29, 1.82) is 0 Å². The van der Waals surface area contributed by atoms with Gasteiger partial charge in [-0.2, -0.15) is 0 Å². The first kappa shape index (κ1) is 21.1. The topological polar surface area (TPSA) is 77.5 Å². The fourth-order valence-corrected chi connectivity index (χ4v) is 5.03. The van der Waals surface area contributed by atoms with E-state index < -0.39 is 10.0 Å². The number of benzene rings is 2. The van der Waals surface area contributed by atoms with Gasteiger partial charge in [0, 0.05) is 29.1 Å². The van der Waals surface area contributed by atoms with Crippen LogP contribution in [-0.2, 0) is 10.0 Å². The fourth-order valence-electron chi connectivity index (χ4n) is 2.98. The number of hydrogen-bond donors (Lipinski definition) is 1. The Bertz CT molecular complexity index is 1100. The van der Waals surface area contributed by atoms with Gasteiger partial charge in [0.15, 0.2) is 0 Å². The smallest absolute Gasteiger partial charge is 0.262 e. The zero-order chi connectivity index (χ0) is 21.2. The summed E-state index contributed by atoms with van der Waals surface area (Å²) in [5.74, 6) is 1.03. The third-order valence-corrected chi connectivity index (χ3v) is 6.65. The van der Waals surface area contributed by atoms with Crippen molar-refractivity contribution in [1.82, 2.24) is 4.98 Å². The van der Waals surface area contributed by atoms with E-state index >= 15 is 0 Å². The molecule has 0 radical (unpaired) electrons. The van der Waals surface area contributed by atoms with E-state index in [1.165, 1.54) is 25.6 Å². The fraction of sp³-hybridized carbons (Fsp3) is 0.286. The standard InChI is InChI=1S/C21H24N2O4S2/c1-13(2)19-7-6-15(20-12-28-14(3)22-20)8-21(19)29(24,25)23-16-9-17(26-4)11-18(10-16)27-5/h6-13,23H,1-5H3. The van der Waals surface area contributed by atoms with Gasteiger partial charge in [-0.25, -0.2) is 13.4 Å². The Hall–Kier alpha value is -2.58. The second-order valence-corrected chi connectivity index (χ2v) is 9.58. The Labute approximate surface area is 175 Å². The highest BCUT2D eigenvalue weighted by molar-refractivity contribution is 7.92. The molecule has 0 spiro atoms. The quantitative estimate of drug-likeness (QED) is 0.565. The molecule has 29 heavy (non-hydrogen) atoms. The minimum atomic E-state index is -3.85. The van der Waals surface area contributed by atoms with Gasteiger partial charge in [-0.3, -0.25) is 4.72 Å². The number of methoxy groups -OCH3 is 2. The van der Waals surface area contributed by atoms with Gasteiger partial charge in [-0.15, -0.1) is 11.3 Å². The van der Waals surface area contributed by atoms with Gasteiger partial charge in [0.25, 0.3) is 10.0 Å². The average molecular weight is 433 g/mol. The van der Waals surface area contributed by atoms with Crippen LogP contribution < -0.4 is 14.2 Å². The SMILES string of the molecule is COc1cc(NS(=O)(=O)c2cc(-c3csc(C)n3)ccc2C(C)C)cc(OC)c1. The molecule has 0 fully saturated rings. The molecule has 0 amide bonds. The summed E-state index contributed by atoms with van der Waals surface area (Å²) in [6.45, 7) is 5.86. The molecule has 3 aromatic rings. The predicted octanol–water partition coefficient (Wildman–Crippen LogP) is 5.06. The molecule has 0 atom stereocenters. The molecule has 3 rings (SSSR count). The minimum absolute atomic E-state index is 0.0349. The van der Waals surface area contributed by atoms with Crippen LogP contribution in [0.3, 0.4) is 0 Å². The van der Waals surface area contributed by atoms with Crippen LogP contribution in [0.1, 0.15) is 30.3 Å². The Morgan fingerprint density at radius 1 is 1.03 bits per heavy atom. The third-order valence-electron chi connectivity index (χ3n) is 4.44. The highest BCUT2D eigenvalue weighted by Gasteiger charge is 2.22. The number of hydrogen-bond acceptors (Lipinski definition) is 6. The first-order valence-corrected chi connectivity index (χ1v) is 11.4. The van der Waals surface area contributed by atoms with Crippen LogP contribution in [0.4, 0.5) is 5.69 Å².